The fourth-order valence-corrected chi connectivity index (χ4v) is 2.78. The molecule has 0 aromatic heterocycles. The van der Waals surface area contributed by atoms with E-state index in [-0.39, 0.29) is 28.8 Å². The summed E-state index contributed by atoms with van der Waals surface area (Å²) in [5.41, 5.74) is 5.04. The molecule has 102 valence electrons. The molecule has 0 aliphatic heterocycles. The summed E-state index contributed by atoms with van der Waals surface area (Å²) in [4.78, 5) is -0.250. The zero-order valence-corrected chi connectivity index (χ0v) is 11.3. The number of nitrogens with one attached hydrogen (secondary N) is 1. The number of ether oxygens (including phenoxy) is 1. The molecule has 0 amide bonds. The second-order valence-corrected chi connectivity index (χ2v) is 5.54. The summed E-state index contributed by atoms with van der Waals surface area (Å²) in [6.07, 6.45) is 0. The van der Waals surface area contributed by atoms with E-state index in [1.54, 1.807) is 6.92 Å². The third-order valence-corrected chi connectivity index (χ3v) is 4.01. The van der Waals surface area contributed by atoms with Gasteiger partial charge >= 0.3 is 0 Å². The van der Waals surface area contributed by atoms with Crippen molar-refractivity contribution >= 4 is 27.3 Å². The summed E-state index contributed by atoms with van der Waals surface area (Å²) in [5.74, 6) is -0.756. The van der Waals surface area contributed by atoms with Gasteiger partial charge in [0.2, 0.25) is 10.0 Å². The van der Waals surface area contributed by atoms with Gasteiger partial charge in [0.1, 0.15) is 10.7 Å². The summed E-state index contributed by atoms with van der Waals surface area (Å²) < 4.78 is 44.0. The molecule has 0 spiro atoms. The normalized spacial score (nSPS) is 11.7. The summed E-state index contributed by atoms with van der Waals surface area (Å²) in [6.45, 7) is 2.63. The Morgan fingerprint density at radius 2 is 2.17 bits per heavy atom. The van der Waals surface area contributed by atoms with Gasteiger partial charge in [-0.3, -0.25) is 0 Å². The third kappa shape index (κ3) is 3.81. The van der Waals surface area contributed by atoms with Crippen molar-refractivity contribution < 1.29 is 17.5 Å². The molecule has 0 saturated carbocycles. The number of halogens is 2. The molecule has 0 aliphatic rings. The van der Waals surface area contributed by atoms with Gasteiger partial charge in [-0.05, 0) is 19.1 Å². The Morgan fingerprint density at radius 3 is 2.78 bits per heavy atom. The first-order chi connectivity index (χ1) is 8.38. The number of nitrogen functional groups attached to an aromatic ring is 1. The molecule has 0 bridgehead atoms. The first-order valence-electron chi connectivity index (χ1n) is 5.20. The van der Waals surface area contributed by atoms with E-state index in [9.17, 15) is 12.8 Å². The lowest BCUT2D eigenvalue weighted by Crippen LogP contribution is -2.27. The van der Waals surface area contributed by atoms with Crippen LogP contribution in [0.25, 0.3) is 0 Å². The van der Waals surface area contributed by atoms with Gasteiger partial charge in [0, 0.05) is 13.2 Å². The van der Waals surface area contributed by atoms with Gasteiger partial charge < -0.3 is 10.5 Å². The van der Waals surface area contributed by atoms with Crippen LogP contribution in [0.4, 0.5) is 10.1 Å². The van der Waals surface area contributed by atoms with Crippen LogP contribution in [0.1, 0.15) is 6.92 Å². The molecule has 0 unspecified atom stereocenters. The number of nitrogens with two attached hydrogens (primary N) is 1. The van der Waals surface area contributed by atoms with Gasteiger partial charge in [0.05, 0.1) is 17.3 Å². The van der Waals surface area contributed by atoms with Crippen LogP contribution >= 0.6 is 11.6 Å². The molecule has 0 saturated heterocycles. The van der Waals surface area contributed by atoms with E-state index in [0.29, 0.717) is 6.61 Å². The van der Waals surface area contributed by atoms with Crippen LogP contribution in [0.5, 0.6) is 0 Å². The first-order valence-corrected chi connectivity index (χ1v) is 7.06. The SMILES string of the molecule is CCOCCNS(=O)(=O)c1cc(N)c(F)cc1Cl. The third-order valence-electron chi connectivity index (χ3n) is 2.08. The highest BCUT2D eigenvalue weighted by atomic mass is 35.5. The molecule has 0 aliphatic carbocycles. The minimum absolute atomic E-state index is 0.101. The molecule has 0 heterocycles. The zero-order valence-electron chi connectivity index (χ0n) is 9.74. The summed E-state index contributed by atoms with van der Waals surface area (Å²) in [7, 11) is -3.82. The number of anilines is 1. The smallest absolute Gasteiger partial charge is 0.242 e. The molecule has 0 radical (unpaired) electrons. The molecule has 3 N–H and O–H groups in total. The molecule has 5 nitrogen and oxygen atoms in total. The Labute approximate surface area is 110 Å². The maximum absolute atomic E-state index is 13.1. The maximum Gasteiger partial charge on any atom is 0.242 e. The Morgan fingerprint density at radius 1 is 1.50 bits per heavy atom. The summed E-state index contributed by atoms with van der Waals surface area (Å²) in [6, 6.07) is 1.86. The van der Waals surface area contributed by atoms with Gasteiger partial charge in [-0.25, -0.2) is 17.5 Å². The van der Waals surface area contributed by atoms with E-state index in [1.807, 2.05) is 0 Å². The van der Waals surface area contributed by atoms with Crippen LogP contribution in [0, 0.1) is 5.82 Å². The van der Waals surface area contributed by atoms with Crippen LogP contribution in [-0.2, 0) is 14.8 Å². The summed E-state index contributed by atoms with van der Waals surface area (Å²) >= 11 is 5.68. The van der Waals surface area contributed by atoms with Crippen LogP contribution in [-0.4, -0.2) is 28.2 Å². The Bertz CT molecular complexity index is 522. The molecule has 8 heteroatoms. The Kier molecular flexibility index (Phi) is 5.33. The highest BCUT2D eigenvalue weighted by Crippen LogP contribution is 2.25. The van der Waals surface area contributed by atoms with E-state index in [1.165, 1.54) is 0 Å². The Balaban J connectivity index is 2.88. The van der Waals surface area contributed by atoms with Crippen molar-refractivity contribution in [3.63, 3.8) is 0 Å². The Hall–Kier alpha value is -0.890. The van der Waals surface area contributed by atoms with Gasteiger partial charge in [-0.2, -0.15) is 0 Å². The van der Waals surface area contributed by atoms with Gasteiger partial charge in [0.15, 0.2) is 0 Å². The first kappa shape index (κ1) is 15.2. The molecular formula is C10H14ClFN2O3S. The molecule has 0 atom stereocenters. The van der Waals surface area contributed by atoms with Gasteiger partial charge in [-0.15, -0.1) is 0 Å². The number of hydrogen-bond donors (Lipinski definition) is 2. The topological polar surface area (TPSA) is 81.4 Å². The van der Waals surface area contributed by atoms with E-state index >= 15 is 0 Å². The van der Waals surface area contributed by atoms with E-state index < -0.39 is 15.8 Å². The number of rotatable bonds is 6. The minimum Gasteiger partial charge on any atom is -0.396 e. The van der Waals surface area contributed by atoms with Gasteiger partial charge in [-0.1, -0.05) is 11.6 Å². The minimum atomic E-state index is -3.82. The standard InChI is InChI=1S/C10H14ClFN2O3S/c1-2-17-4-3-14-18(15,16)10-6-9(13)8(12)5-7(10)11/h5-6,14H,2-4,13H2,1H3. The van der Waals surface area contributed by atoms with E-state index in [0.717, 1.165) is 12.1 Å². The lowest BCUT2D eigenvalue weighted by Gasteiger charge is -2.09. The number of benzene rings is 1. The average Bonchev–Trinajstić information content (AvgIpc) is 2.29. The molecule has 18 heavy (non-hydrogen) atoms. The molecular weight excluding hydrogens is 283 g/mol. The molecule has 1 aromatic rings. The van der Waals surface area contributed by atoms with Crippen LogP contribution in [0.2, 0.25) is 5.02 Å². The lowest BCUT2D eigenvalue weighted by molar-refractivity contribution is 0.153. The van der Waals surface area contributed by atoms with Crippen LogP contribution < -0.4 is 10.5 Å². The number of sulfonamides is 1. The van der Waals surface area contributed by atoms with Crippen molar-refractivity contribution in [2.24, 2.45) is 0 Å². The van der Waals surface area contributed by atoms with Crippen molar-refractivity contribution in [3.8, 4) is 0 Å². The predicted octanol–water partition coefficient (Wildman–Crippen LogP) is 1.38. The summed E-state index contributed by atoms with van der Waals surface area (Å²) in [5, 5.41) is -0.217. The molecule has 0 fully saturated rings. The second-order valence-electron chi connectivity index (χ2n) is 3.40. The maximum atomic E-state index is 13.1. The predicted molar refractivity (Wildman–Crippen MR) is 67.5 cm³/mol. The zero-order chi connectivity index (χ0) is 13.8. The fourth-order valence-electron chi connectivity index (χ4n) is 1.22. The lowest BCUT2D eigenvalue weighted by atomic mass is 10.3. The quantitative estimate of drug-likeness (QED) is 0.614. The van der Waals surface area contributed by atoms with Gasteiger partial charge in [0.25, 0.3) is 0 Å². The average molecular weight is 297 g/mol. The number of hydrogen-bond acceptors (Lipinski definition) is 4. The van der Waals surface area contributed by atoms with Crippen molar-refractivity contribution in [2.45, 2.75) is 11.8 Å². The monoisotopic (exact) mass is 296 g/mol. The van der Waals surface area contributed by atoms with Crippen molar-refractivity contribution in [1.82, 2.24) is 4.72 Å². The second kappa shape index (κ2) is 6.33. The highest BCUT2D eigenvalue weighted by molar-refractivity contribution is 7.89. The van der Waals surface area contributed by atoms with Crippen molar-refractivity contribution in [3.05, 3.63) is 23.0 Å². The molecule has 1 aromatic carbocycles. The van der Waals surface area contributed by atoms with Crippen LogP contribution in [0.15, 0.2) is 17.0 Å². The van der Waals surface area contributed by atoms with Crippen molar-refractivity contribution in [1.29, 1.82) is 0 Å². The highest BCUT2D eigenvalue weighted by Gasteiger charge is 2.19. The largest absolute Gasteiger partial charge is 0.396 e. The van der Waals surface area contributed by atoms with E-state index in [4.69, 9.17) is 22.1 Å². The van der Waals surface area contributed by atoms with Crippen LogP contribution in [0.3, 0.4) is 0 Å². The molecule has 1 rings (SSSR count). The van der Waals surface area contributed by atoms with Crippen molar-refractivity contribution in [2.75, 3.05) is 25.5 Å². The fraction of sp³-hybridized carbons (Fsp3) is 0.400. The van der Waals surface area contributed by atoms with E-state index in [2.05, 4.69) is 4.72 Å².